The Bertz CT molecular complexity index is 1720. The summed E-state index contributed by atoms with van der Waals surface area (Å²) in [6.07, 6.45) is 3.13. The van der Waals surface area contributed by atoms with Crippen LogP contribution < -0.4 is 16.0 Å². The van der Waals surface area contributed by atoms with E-state index in [1.165, 1.54) is 29.5 Å². The van der Waals surface area contributed by atoms with Gasteiger partial charge in [-0.1, -0.05) is 41.4 Å². The van der Waals surface area contributed by atoms with Crippen molar-refractivity contribution < 1.29 is 4.39 Å². The number of anilines is 3. The number of H-pyrrole nitrogens is 1. The van der Waals surface area contributed by atoms with Gasteiger partial charge in [-0.15, -0.1) is 0 Å². The number of pyridine rings is 1. The van der Waals surface area contributed by atoms with Gasteiger partial charge in [0.25, 0.3) is 0 Å². The Morgan fingerprint density at radius 1 is 1.03 bits per heavy atom. The second-order valence-electron chi connectivity index (χ2n) is 8.83. The maximum absolute atomic E-state index is 13.7. The highest BCUT2D eigenvalue weighted by Crippen LogP contribution is 2.38. The van der Waals surface area contributed by atoms with E-state index in [1.54, 1.807) is 18.3 Å². The highest BCUT2D eigenvalue weighted by Gasteiger charge is 2.24. The molecule has 5 aromatic rings. The number of aromatic amines is 1. The minimum Gasteiger partial charge on any atom is -0.373 e. The van der Waals surface area contributed by atoms with Crippen LogP contribution in [0.5, 0.6) is 0 Å². The van der Waals surface area contributed by atoms with E-state index < -0.39 is 5.82 Å². The normalized spacial score (nSPS) is 13.2. The fourth-order valence-corrected chi connectivity index (χ4v) is 5.18. The zero-order chi connectivity index (χ0) is 26.2. The second kappa shape index (κ2) is 9.91. The molecule has 0 radical (unpaired) electrons. The van der Waals surface area contributed by atoms with Crippen LogP contribution in [0.1, 0.15) is 34.0 Å². The van der Waals surface area contributed by atoms with Gasteiger partial charge in [-0.3, -0.25) is 4.98 Å². The standard InChI is InChI=1S/C27H19Cl2FN8/c28-21-7-16(4-5-23(21)30)35-25-15(9-31)11-33-26-19(25)6-17(8-22(26)29)36-27(24-13-34-38-37-24)18-3-1-2-14-10-32-12-20(14)18/h1-8,11,13,27,32,36H,10,12H2,(H,33,35)(H,34,37,38). The van der Waals surface area contributed by atoms with Gasteiger partial charge in [0.15, 0.2) is 0 Å². The summed E-state index contributed by atoms with van der Waals surface area (Å²) in [7, 11) is 0. The number of hydrogen-bond donors (Lipinski definition) is 4. The minimum atomic E-state index is -0.534. The van der Waals surface area contributed by atoms with Crippen LogP contribution >= 0.6 is 23.2 Å². The third-order valence-electron chi connectivity index (χ3n) is 6.51. The topological polar surface area (TPSA) is 114 Å². The highest BCUT2D eigenvalue weighted by atomic mass is 35.5. The summed E-state index contributed by atoms with van der Waals surface area (Å²) in [5.74, 6) is -0.534. The molecular weight excluding hydrogens is 526 g/mol. The van der Waals surface area contributed by atoms with Crippen LogP contribution in [0.15, 0.2) is 60.9 Å². The molecule has 0 aliphatic carbocycles. The molecule has 0 spiro atoms. The predicted octanol–water partition coefficient (Wildman–Crippen LogP) is 6.22. The lowest BCUT2D eigenvalue weighted by atomic mass is 9.95. The van der Waals surface area contributed by atoms with Crippen molar-refractivity contribution in [1.82, 2.24) is 25.7 Å². The average Bonchev–Trinajstić information content (AvgIpc) is 3.62. The Labute approximate surface area is 226 Å². The van der Waals surface area contributed by atoms with Gasteiger partial charge in [-0.2, -0.15) is 20.7 Å². The van der Waals surface area contributed by atoms with E-state index in [0.29, 0.717) is 44.2 Å². The molecule has 0 saturated heterocycles. The van der Waals surface area contributed by atoms with Crippen molar-refractivity contribution in [1.29, 1.82) is 5.26 Å². The molecule has 0 amide bonds. The van der Waals surface area contributed by atoms with E-state index in [9.17, 15) is 9.65 Å². The molecule has 188 valence electrons. The summed E-state index contributed by atoms with van der Waals surface area (Å²) in [6, 6.07) is 16.0. The van der Waals surface area contributed by atoms with Gasteiger partial charge in [0, 0.05) is 36.0 Å². The monoisotopic (exact) mass is 544 g/mol. The molecule has 1 unspecified atom stereocenters. The van der Waals surface area contributed by atoms with Crippen molar-refractivity contribution in [2.75, 3.05) is 10.6 Å². The molecule has 0 fully saturated rings. The van der Waals surface area contributed by atoms with Gasteiger partial charge in [-0.25, -0.2) is 4.39 Å². The molecule has 1 atom stereocenters. The molecule has 1 aliphatic rings. The van der Waals surface area contributed by atoms with Gasteiger partial charge >= 0.3 is 0 Å². The molecule has 8 nitrogen and oxygen atoms in total. The lowest BCUT2D eigenvalue weighted by Crippen LogP contribution is -2.15. The summed E-state index contributed by atoms with van der Waals surface area (Å²) in [4.78, 5) is 4.42. The van der Waals surface area contributed by atoms with E-state index in [-0.39, 0.29) is 11.1 Å². The molecule has 3 heterocycles. The summed E-state index contributed by atoms with van der Waals surface area (Å²) in [5, 5.41) is 32.0. The molecule has 38 heavy (non-hydrogen) atoms. The number of nitrogens with one attached hydrogen (secondary N) is 4. The van der Waals surface area contributed by atoms with Crippen molar-refractivity contribution in [3.05, 3.63) is 105 Å². The van der Waals surface area contributed by atoms with Crippen LogP contribution in [0.25, 0.3) is 10.9 Å². The second-order valence-corrected chi connectivity index (χ2v) is 9.64. The Balaban J connectivity index is 1.46. The van der Waals surface area contributed by atoms with Crippen LogP contribution in [-0.4, -0.2) is 20.4 Å². The molecule has 0 saturated carbocycles. The Morgan fingerprint density at radius 2 is 1.89 bits per heavy atom. The largest absolute Gasteiger partial charge is 0.373 e. The van der Waals surface area contributed by atoms with Crippen LogP contribution in [-0.2, 0) is 13.1 Å². The SMILES string of the molecule is N#Cc1cnc2c(Cl)cc(NC(c3cn[nH]n3)c3cccc4c3CNC4)cc2c1Nc1ccc(F)c(Cl)c1. The summed E-state index contributed by atoms with van der Waals surface area (Å²) < 4.78 is 13.7. The van der Waals surface area contributed by atoms with Crippen LogP contribution in [0.3, 0.4) is 0 Å². The first kappa shape index (κ1) is 24.1. The van der Waals surface area contributed by atoms with Crippen molar-refractivity contribution in [2.24, 2.45) is 0 Å². The van der Waals surface area contributed by atoms with E-state index in [0.717, 1.165) is 18.7 Å². The third-order valence-corrected chi connectivity index (χ3v) is 7.09. The first-order valence-corrected chi connectivity index (χ1v) is 12.5. The number of hydrogen-bond acceptors (Lipinski definition) is 7. The molecule has 11 heteroatoms. The number of nitrogens with zero attached hydrogens (tertiary/aromatic N) is 4. The summed E-state index contributed by atoms with van der Waals surface area (Å²) >= 11 is 12.7. The van der Waals surface area contributed by atoms with Gasteiger partial charge in [0.2, 0.25) is 0 Å². The van der Waals surface area contributed by atoms with Crippen molar-refractivity contribution >= 4 is 51.2 Å². The van der Waals surface area contributed by atoms with Crippen LogP contribution in [0.2, 0.25) is 10.0 Å². The third kappa shape index (κ3) is 4.39. The fourth-order valence-electron chi connectivity index (χ4n) is 4.74. The van der Waals surface area contributed by atoms with Crippen molar-refractivity contribution in [3.8, 4) is 6.07 Å². The molecule has 4 N–H and O–H groups in total. The number of fused-ring (bicyclic) bond motifs is 2. The minimum absolute atomic E-state index is 0.0346. The highest BCUT2D eigenvalue weighted by molar-refractivity contribution is 6.36. The number of aromatic nitrogens is 4. The maximum Gasteiger partial charge on any atom is 0.141 e. The van der Waals surface area contributed by atoms with Gasteiger partial charge in [0.1, 0.15) is 17.6 Å². The maximum atomic E-state index is 13.7. The number of rotatable bonds is 6. The molecule has 1 aliphatic heterocycles. The quantitative estimate of drug-likeness (QED) is 0.200. The molecule has 6 rings (SSSR count). The number of nitriles is 1. The zero-order valence-corrected chi connectivity index (χ0v) is 21.2. The lowest BCUT2D eigenvalue weighted by Gasteiger charge is -2.22. The number of halogens is 3. The molecule has 0 bridgehead atoms. The van der Waals surface area contributed by atoms with Crippen LogP contribution in [0.4, 0.5) is 21.5 Å². The predicted molar refractivity (Wildman–Crippen MR) is 145 cm³/mol. The molecule has 3 aromatic carbocycles. The average molecular weight is 545 g/mol. The van der Waals surface area contributed by atoms with Gasteiger partial charge in [0.05, 0.1) is 39.1 Å². The Kier molecular flexibility index (Phi) is 6.29. The van der Waals surface area contributed by atoms with E-state index in [2.05, 4.69) is 54.5 Å². The van der Waals surface area contributed by atoms with E-state index >= 15 is 0 Å². The van der Waals surface area contributed by atoms with E-state index in [1.807, 2.05) is 12.1 Å². The van der Waals surface area contributed by atoms with Gasteiger partial charge in [-0.05, 0) is 47.0 Å². The van der Waals surface area contributed by atoms with Crippen LogP contribution in [0, 0.1) is 17.1 Å². The van der Waals surface area contributed by atoms with Gasteiger partial charge < -0.3 is 16.0 Å². The molecular formula is C27H19Cl2FN8. The summed E-state index contributed by atoms with van der Waals surface area (Å²) in [5.41, 5.74) is 6.73. The zero-order valence-electron chi connectivity index (χ0n) is 19.7. The fraction of sp³-hybridized carbons (Fsp3) is 0.111. The van der Waals surface area contributed by atoms with Crippen molar-refractivity contribution in [3.63, 3.8) is 0 Å². The summed E-state index contributed by atoms with van der Waals surface area (Å²) in [6.45, 7) is 1.56. The van der Waals surface area contributed by atoms with E-state index in [4.69, 9.17) is 23.2 Å². The number of benzene rings is 3. The first-order chi connectivity index (χ1) is 18.5. The Hall–Kier alpha value is -4.23. The lowest BCUT2D eigenvalue weighted by molar-refractivity contribution is 0.628. The smallest absolute Gasteiger partial charge is 0.141 e. The first-order valence-electron chi connectivity index (χ1n) is 11.7. The Morgan fingerprint density at radius 3 is 2.68 bits per heavy atom. The molecule has 2 aromatic heterocycles. The van der Waals surface area contributed by atoms with Crippen molar-refractivity contribution in [2.45, 2.75) is 19.1 Å².